The van der Waals surface area contributed by atoms with E-state index in [1.165, 1.54) is 0 Å². The van der Waals surface area contributed by atoms with Gasteiger partial charge in [-0.15, -0.1) is 0 Å². The number of nitrogens with zero attached hydrogens (tertiary/aromatic N) is 3. The molecule has 0 radical (unpaired) electrons. The van der Waals surface area contributed by atoms with Gasteiger partial charge in [0, 0.05) is 35.9 Å². The summed E-state index contributed by atoms with van der Waals surface area (Å²) >= 11 is 0. The van der Waals surface area contributed by atoms with Gasteiger partial charge in [0.15, 0.2) is 6.61 Å². The molecule has 0 bridgehead atoms. The van der Waals surface area contributed by atoms with Crippen molar-refractivity contribution in [1.29, 1.82) is 0 Å². The highest BCUT2D eigenvalue weighted by atomic mass is 16.5. The van der Waals surface area contributed by atoms with Crippen molar-refractivity contribution in [2.75, 3.05) is 11.5 Å². The summed E-state index contributed by atoms with van der Waals surface area (Å²) in [7, 11) is 0. The van der Waals surface area contributed by atoms with Crippen LogP contribution in [0.2, 0.25) is 0 Å². The average molecular weight is 368 g/mol. The number of nitrogens with two attached hydrogens (primary N) is 1. The number of rotatable bonds is 5. The molecular formula is C20H24N4O3. The lowest BCUT2D eigenvalue weighted by Crippen LogP contribution is -2.40. The zero-order chi connectivity index (χ0) is 19.1. The highest BCUT2D eigenvalue weighted by Crippen LogP contribution is 2.43. The van der Waals surface area contributed by atoms with E-state index in [2.05, 4.69) is 5.10 Å². The minimum Gasteiger partial charge on any atom is -0.483 e. The number of primary amides is 1. The first kappa shape index (κ1) is 17.6. The molecule has 4 rings (SSSR count). The Bertz CT molecular complexity index is 901. The summed E-state index contributed by atoms with van der Waals surface area (Å²) in [6.07, 6.45) is 7.77. The number of ether oxygens (including phenoxy) is 1. The van der Waals surface area contributed by atoms with Crippen molar-refractivity contribution in [2.24, 2.45) is 5.73 Å². The maximum Gasteiger partial charge on any atom is 0.255 e. The molecule has 2 aromatic rings. The number of hydrogen-bond donors (Lipinski definition) is 1. The summed E-state index contributed by atoms with van der Waals surface area (Å²) in [6.45, 7) is 3.42. The number of benzene rings is 1. The molecule has 2 heterocycles. The van der Waals surface area contributed by atoms with Gasteiger partial charge in [-0.1, -0.05) is 0 Å². The van der Waals surface area contributed by atoms with E-state index in [0.29, 0.717) is 11.8 Å². The smallest absolute Gasteiger partial charge is 0.255 e. The number of amides is 2. The number of anilines is 1. The fraction of sp³-hybridized carbons (Fsp3) is 0.450. The zero-order valence-corrected chi connectivity index (χ0v) is 15.6. The van der Waals surface area contributed by atoms with E-state index in [1.54, 1.807) is 11.8 Å². The van der Waals surface area contributed by atoms with Gasteiger partial charge < -0.3 is 15.4 Å². The normalized spacial score (nSPS) is 18.9. The van der Waals surface area contributed by atoms with Crippen LogP contribution in [0, 0.1) is 0 Å². The Kier molecular flexibility index (Phi) is 4.37. The van der Waals surface area contributed by atoms with Crippen molar-refractivity contribution in [1.82, 2.24) is 9.78 Å². The van der Waals surface area contributed by atoms with Crippen LogP contribution in [0.5, 0.6) is 5.75 Å². The van der Waals surface area contributed by atoms with Crippen molar-refractivity contribution >= 4 is 17.5 Å². The first-order chi connectivity index (χ1) is 13.0. The first-order valence-electron chi connectivity index (χ1n) is 9.37. The molecular weight excluding hydrogens is 344 g/mol. The van der Waals surface area contributed by atoms with Crippen molar-refractivity contribution in [3.8, 4) is 16.9 Å². The average Bonchev–Trinajstić information content (AvgIpc) is 3.36. The van der Waals surface area contributed by atoms with Gasteiger partial charge in [0.25, 0.3) is 5.91 Å². The van der Waals surface area contributed by atoms with Crippen molar-refractivity contribution in [3.05, 3.63) is 30.1 Å². The number of carbonyl (C=O) groups is 2. The van der Waals surface area contributed by atoms with Crippen LogP contribution in [0.15, 0.2) is 24.5 Å². The van der Waals surface area contributed by atoms with Gasteiger partial charge in [-0.2, -0.15) is 5.10 Å². The topological polar surface area (TPSA) is 90.4 Å². The van der Waals surface area contributed by atoms with E-state index >= 15 is 0 Å². The Balaban J connectivity index is 1.80. The summed E-state index contributed by atoms with van der Waals surface area (Å²) < 4.78 is 7.83. The van der Waals surface area contributed by atoms with E-state index in [4.69, 9.17) is 10.5 Å². The van der Waals surface area contributed by atoms with Crippen LogP contribution in [0.3, 0.4) is 0 Å². The lowest BCUT2D eigenvalue weighted by molar-refractivity contribution is -0.120. The van der Waals surface area contributed by atoms with Crippen LogP contribution in [0.25, 0.3) is 11.1 Å². The molecule has 1 fully saturated rings. The quantitative estimate of drug-likeness (QED) is 0.878. The lowest BCUT2D eigenvalue weighted by atomic mass is 9.92. The third kappa shape index (κ3) is 3.29. The van der Waals surface area contributed by atoms with E-state index in [0.717, 1.165) is 48.1 Å². The second-order valence-corrected chi connectivity index (χ2v) is 7.41. The Morgan fingerprint density at radius 1 is 1.30 bits per heavy atom. The molecule has 1 atom stereocenters. The Morgan fingerprint density at radius 3 is 2.74 bits per heavy atom. The van der Waals surface area contributed by atoms with Crippen molar-refractivity contribution < 1.29 is 14.3 Å². The fourth-order valence-electron chi connectivity index (χ4n) is 3.84. The van der Waals surface area contributed by atoms with E-state index in [-0.39, 0.29) is 18.6 Å². The first-order valence-corrected chi connectivity index (χ1v) is 9.37. The molecule has 2 aliphatic rings. The molecule has 0 spiro atoms. The Labute approximate surface area is 158 Å². The molecule has 142 valence electrons. The molecule has 27 heavy (non-hydrogen) atoms. The summed E-state index contributed by atoms with van der Waals surface area (Å²) in [6, 6.07) is 4.52. The maximum atomic E-state index is 12.2. The molecule has 1 aromatic heterocycles. The number of aromatic nitrogens is 2. The Hall–Kier alpha value is -2.83. The predicted molar refractivity (Wildman–Crippen MR) is 102 cm³/mol. The summed E-state index contributed by atoms with van der Waals surface area (Å²) in [5, 5.41) is 4.46. The molecule has 7 heteroatoms. The molecule has 2 N–H and O–H groups in total. The van der Waals surface area contributed by atoms with Crippen LogP contribution in [-0.4, -0.2) is 34.2 Å². The lowest BCUT2D eigenvalue weighted by Gasteiger charge is -2.35. The zero-order valence-electron chi connectivity index (χ0n) is 15.6. The standard InChI is InChI=1S/C20H24N4O3/c1-12-3-6-17-18(24(12)13(2)25)8-7-16(20(17)27-11-19(21)26)14-9-22-23(10-14)15-4-5-15/h7-10,12,15H,3-6,11H2,1-2H3,(H2,21,26). The maximum absolute atomic E-state index is 12.2. The van der Waals surface area contributed by atoms with Gasteiger partial charge >= 0.3 is 0 Å². The number of hydrogen-bond acceptors (Lipinski definition) is 4. The number of fused-ring (bicyclic) bond motifs is 1. The molecule has 2 amide bonds. The molecule has 0 saturated heterocycles. The minimum atomic E-state index is -0.528. The Morgan fingerprint density at radius 2 is 2.07 bits per heavy atom. The van der Waals surface area contributed by atoms with Crippen LogP contribution >= 0.6 is 0 Å². The van der Waals surface area contributed by atoms with E-state index in [9.17, 15) is 9.59 Å². The van der Waals surface area contributed by atoms with Gasteiger partial charge in [0.2, 0.25) is 5.91 Å². The van der Waals surface area contributed by atoms with Gasteiger partial charge in [-0.05, 0) is 44.7 Å². The summed E-state index contributed by atoms with van der Waals surface area (Å²) in [5.41, 5.74) is 8.92. The van der Waals surface area contributed by atoms with Crippen LogP contribution in [0.1, 0.15) is 44.7 Å². The molecule has 1 saturated carbocycles. The summed E-state index contributed by atoms with van der Waals surface area (Å²) in [5.74, 6) is 0.0956. The number of carbonyl (C=O) groups excluding carboxylic acids is 2. The predicted octanol–water partition coefficient (Wildman–Crippen LogP) is 2.44. The van der Waals surface area contributed by atoms with Gasteiger partial charge in [-0.3, -0.25) is 14.3 Å². The third-order valence-corrected chi connectivity index (χ3v) is 5.28. The SMILES string of the molecule is CC(=O)N1c2ccc(-c3cnn(C4CC4)c3)c(OCC(N)=O)c2CCC1C. The van der Waals surface area contributed by atoms with Crippen LogP contribution in [-0.2, 0) is 16.0 Å². The third-order valence-electron chi connectivity index (χ3n) is 5.28. The minimum absolute atomic E-state index is 0.00129. The molecule has 1 aliphatic carbocycles. The molecule has 1 unspecified atom stereocenters. The highest BCUT2D eigenvalue weighted by molar-refractivity contribution is 5.95. The van der Waals surface area contributed by atoms with E-state index in [1.807, 2.05) is 36.1 Å². The largest absolute Gasteiger partial charge is 0.483 e. The van der Waals surface area contributed by atoms with Crippen LogP contribution in [0.4, 0.5) is 5.69 Å². The van der Waals surface area contributed by atoms with Gasteiger partial charge in [-0.25, -0.2) is 0 Å². The van der Waals surface area contributed by atoms with Crippen molar-refractivity contribution in [2.45, 2.75) is 51.6 Å². The molecule has 1 aliphatic heterocycles. The fourth-order valence-corrected chi connectivity index (χ4v) is 3.84. The summed E-state index contributed by atoms with van der Waals surface area (Å²) in [4.78, 5) is 25.3. The molecule has 7 nitrogen and oxygen atoms in total. The molecule has 1 aromatic carbocycles. The second kappa shape index (κ2) is 6.72. The van der Waals surface area contributed by atoms with E-state index < -0.39 is 5.91 Å². The van der Waals surface area contributed by atoms with Gasteiger partial charge in [0.05, 0.1) is 17.9 Å². The monoisotopic (exact) mass is 368 g/mol. The van der Waals surface area contributed by atoms with Crippen molar-refractivity contribution in [3.63, 3.8) is 0 Å². The highest BCUT2D eigenvalue weighted by Gasteiger charge is 2.30. The van der Waals surface area contributed by atoms with Crippen LogP contribution < -0.4 is 15.4 Å². The van der Waals surface area contributed by atoms with Gasteiger partial charge in [0.1, 0.15) is 5.75 Å². The second-order valence-electron chi connectivity index (χ2n) is 7.41.